The Morgan fingerprint density at radius 3 is 1.26 bits per heavy atom. The van der Waals surface area contributed by atoms with Crippen molar-refractivity contribution in [3.8, 4) is 22.3 Å². The molecule has 0 bridgehead atoms. The molecule has 0 unspecified atom stereocenters. The second-order valence-corrected chi connectivity index (χ2v) is 13.3. The van der Waals surface area contributed by atoms with Gasteiger partial charge in [-0.25, -0.2) is 0 Å². The van der Waals surface area contributed by atoms with E-state index in [9.17, 15) is 0 Å². The van der Waals surface area contributed by atoms with Crippen molar-refractivity contribution in [1.82, 2.24) is 0 Å². The lowest BCUT2D eigenvalue weighted by Gasteiger charge is -2.44. The van der Waals surface area contributed by atoms with Crippen LogP contribution in [0.3, 0.4) is 0 Å². The first-order chi connectivity index (χ1) is 18.1. The molecule has 2 aliphatic carbocycles. The van der Waals surface area contributed by atoms with Gasteiger partial charge in [0.25, 0.3) is 0 Å². The van der Waals surface area contributed by atoms with E-state index in [0.29, 0.717) is 11.8 Å². The monoisotopic (exact) mass is 494 g/mol. The van der Waals surface area contributed by atoms with Crippen LogP contribution < -0.4 is 0 Å². The first kappa shape index (κ1) is 23.7. The molecule has 0 atom stereocenters. The molecule has 2 aliphatic rings. The van der Waals surface area contributed by atoms with Crippen molar-refractivity contribution < 1.29 is 0 Å². The Labute approximate surface area is 227 Å². The number of rotatable bonds is 3. The zero-order chi connectivity index (χ0) is 26.7. The summed E-state index contributed by atoms with van der Waals surface area (Å²) >= 11 is 0. The topological polar surface area (TPSA) is 0 Å². The predicted octanol–water partition coefficient (Wildman–Crippen LogP) is 10.9. The third-order valence-corrected chi connectivity index (χ3v) is 9.80. The third-order valence-electron chi connectivity index (χ3n) is 9.80. The molecule has 0 spiro atoms. The zero-order valence-electron chi connectivity index (χ0n) is 24.1. The standard InChI is InChI=1S/C38H38/c1-21(2)23-13-9-14-24(22(3)4)31(23)32-25-15-10-17-27-33(25)36-34-26(32)16-11-18-28(34)38(7,8)30-20-12-19-29(35(30)36)37(27,5)6/h9-22H,1-8H3. The van der Waals surface area contributed by atoms with E-state index in [1.807, 2.05) is 0 Å². The molecule has 0 saturated heterocycles. The molecular weight excluding hydrogens is 456 g/mol. The molecular formula is C38H38. The quantitative estimate of drug-likeness (QED) is 0.219. The van der Waals surface area contributed by atoms with E-state index in [1.54, 1.807) is 0 Å². The Hall–Kier alpha value is -3.38. The molecule has 0 fully saturated rings. The van der Waals surface area contributed by atoms with Gasteiger partial charge >= 0.3 is 0 Å². The van der Waals surface area contributed by atoms with Crippen molar-refractivity contribution in [2.24, 2.45) is 0 Å². The van der Waals surface area contributed by atoms with E-state index in [2.05, 4.69) is 128 Å². The molecule has 5 aromatic carbocycles. The van der Waals surface area contributed by atoms with E-state index in [0.717, 1.165) is 0 Å². The Morgan fingerprint density at radius 2 is 0.816 bits per heavy atom. The molecule has 0 aromatic heterocycles. The van der Waals surface area contributed by atoms with Crippen LogP contribution in [-0.4, -0.2) is 0 Å². The molecule has 0 aliphatic heterocycles. The minimum absolute atomic E-state index is 0.0659. The summed E-state index contributed by atoms with van der Waals surface area (Å²) in [6.07, 6.45) is 0. The Bertz CT molecular complexity index is 1690. The Morgan fingerprint density at radius 1 is 0.421 bits per heavy atom. The van der Waals surface area contributed by atoms with Crippen LogP contribution in [0.5, 0.6) is 0 Å². The van der Waals surface area contributed by atoms with Crippen LogP contribution in [0.1, 0.15) is 101 Å². The van der Waals surface area contributed by atoms with Crippen LogP contribution in [0.25, 0.3) is 43.8 Å². The van der Waals surface area contributed by atoms with Crippen molar-refractivity contribution in [3.63, 3.8) is 0 Å². The summed E-state index contributed by atoms with van der Waals surface area (Å²) in [6, 6.07) is 28.3. The minimum atomic E-state index is -0.0659. The summed E-state index contributed by atoms with van der Waals surface area (Å²) in [6.45, 7) is 19.1. The average molecular weight is 495 g/mol. The second-order valence-electron chi connectivity index (χ2n) is 13.3. The van der Waals surface area contributed by atoms with Crippen molar-refractivity contribution in [1.29, 1.82) is 0 Å². The van der Waals surface area contributed by atoms with Gasteiger partial charge in [-0.1, -0.05) is 128 Å². The van der Waals surface area contributed by atoms with Gasteiger partial charge in [-0.2, -0.15) is 0 Å². The van der Waals surface area contributed by atoms with E-state index < -0.39 is 0 Å². The third kappa shape index (κ3) is 2.76. The lowest BCUT2D eigenvalue weighted by molar-refractivity contribution is 0.619. The molecule has 5 aromatic rings. The molecule has 190 valence electrons. The number of hydrogen-bond acceptors (Lipinski definition) is 0. The van der Waals surface area contributed by atoms with E-state index in [-0.39, 0.29) is 10.8 Å². The Kier molecular flexibility index (Phi) is 4.74. The van der Waals surface area contributed by atoms with Gasteiger partial charge < -0.3 is 0 Å². The molecule has 0 amide bonds. The first-order valence-electron chi connectivity index (χ1n) is 14.4. The highest BCUT2D eigenvalue weighted by molar-refractivity contribution is 6.26. The maximum atomic E-state index is 2.43. The van der Waals surface area contributed by atoms with Crippen LogP contribution in [0.4, 0.5) is 0 Å². The predicted molar refractivity (Wildman–Crippen MR) is 165 cm³/mol. The lowest BCUT2D eigenvalue weighted by Crippen LogP contribution is -2.30. The van der Waals surface area contributed by atoms with Crippen molar-refractivity contribution in [3.05, 3.63) is 106 Å². The molecule has 7 rings (SSSR count). The number of benzene rings is 5. The lowest BCUT2D eigenvalue weighted by atomic mass is 9.59. The van der Waals surface area contributed by atoms with Crippen molar-refractivity contribution in [2.45, 2.75) is 78.1 Å². The van der Waals surface area contributed by atoms with E-state index in [4.69, 9.17) is 0 Å². The van der Waals surface area contributed by atoms with Gasteiger partial charge in [-0.15, -0.1) is 0 Å². The van der Waals surface area contributed by atoms with E-state index in [1.165, 1.54) is 77.2 Å². The zero-order valence-corrected chi connectivity index (χ0v) is 24.1. The molecule has 0 saturated carbocycles. The van der Waals surface area contributed by atoms with Gasteiger partial charge in [0.15, 0.2) is 0 Å². The molecule has 0 radical (unpaired) electrons. The molecule has 38 heavy (non-hydrogen) atoms. The molecule has 0 heteroatoms. The van der Waals surface area contributed by atoms with Crippen LogP contribution in [0, 0.1) is 0 Å². The van der Waals surface area contributed by atoms with Crippen molar-refractivity contribution in [2.75, 3.05) is 0 Å². The van der Waals surface area contributed by atoms with Crippen LogP contribution in [-0.2, 0) is 10.8 Å². The highest BCUT2D eigenvalue weighted by atomic mass is 14.5. The van der Waals surface area contributed by atoms with Crippen LogP contribution >= 0.6 is 0 Å². The first-order valence-corrected chi connectivity index (χ1v) is 14.4. The summed E-state index contributed by atoms with van der Waals surface area (Å²) in [5.41, 5.74) is 14.5. The average Bonchev–Trinajstić information content (AvgIpc) is 2.89. The smallest absolute Gasteiger partial charge is 0.0159 e. The summed E-state index contributed by atoms with van der Waals surface area (Å²) < 4.78 is 0. The minimum Gasteiger partial charge on any atom is -0.0617 e. The van der Waals surface area contributed by atoms with Gasteiger partial charge in [0.05, 0.1) is 0 Å². The number of hydrogen-bond donors (Lipinski definition) is 0. The fourth-order valence-corrected chi connectivity index (χ4v) is 7.88. The SMILES string of the molecule is CC(C)c1cccc(C(C)C)c1-c1c2cccc3c2c2c4c(cccc14)C(C)(C)c1cccc(c1-2)C3(C)C. The summed E-state index contributed by atoms with van der Waals surface area (Å²) in [4.78, 5) is 0. The van der Waals surface area contributed by atoms with Crippen LogP contribution in [0.15, 0.2) is 72.8 Å². The summed E-state index contributed by atoms with van der Waals surface area (Å²) in [7, 11) is 0. The second kappa shape index (κ2) is 7.60. The van der Waals surface area contributed by atoms with Gasteiger partial charge in [0.1, 0.15) is 0 Å². The fourth-order valence-electron chi connectivity index (χ4n) is 7.88. The summed E-state index contributed by atoms with van der Waals surface area (Å²) in [5, 5.41) is 5.75. The highest BCUT2D eigenvalue weighted by Crippen LogP contribution is 2.60. The van der Waals surface area contributed by atoms with Gasteiger partial charge in [0.2, 0.25) is 0 Å². The largest absolute Gasteiger partial charge is 0.0617 e. The Balaban J connectivity index is 1.83. The van der Waals surface area contributed by atoms with Gasteiger partial charge in [-0.3, -0.25) is 0 Å². The normalized spacial score (nSPS) is 16.3. The van der Waals surface area contributed by atoms with Crippen LogP contribution in [0.2, 0.25) is 0 Å². The molecule has 0 nitrogen and oxygen atoms in total. The van der Waals surface area contributed by atoms with E-state index >= 15 is 0 Å². The van der Waals surface area contributed by atoms with Crippen molar-refractivity contribution >= 4 is 21.5 Å². The van der Waals surface area contributed by atoms with Gasteiger partial charge in [-0.05, 0) is 89.0 Å². The highest BCUT2D eigenvalue weighted by Gasteiger charge is 2.43. The van der Waals surface area contributed by atoms with Gasteiger partial charge in [0, 0.05) is 10.8 Å². The maximum absolute atomic E-state index is 2.43. The molecule has 0 N–H and O–H groups in total. The summed E-state index contributed by atoms with van der Waals surface area (Å²) in [5.74, 6) is 0.890. The molecule has 0 heterocycles. The maximum Gasteiger partial charge on any atom is 0.0159 e. The fraction of sp³-hybridized carbons (Fsp3) is 0.316.